The van der Waals surface area contributed by atoms with Gasteiger partial charge in [0.05, 0.1) is 21.4 Å². The number of nitrogens with zero attached hydrogens (tertiary/aromatic N) is 1. The van der Waals surface area contributed by atoms with Crippen LogP contribution in [0.2, 0.25) is 5.02 Å². The molecule has 0 bridgehead atoms. The molecule has 0 aliphatic heterocycles. The van der Waals surface area contributed by atoms with E-state index in [9.17, 15) is 0 Å². The lowest BCUT2D eigenvalue weighted by atomic mass is 10.1. The zero-order chi connectivity index (χ0) is 17.2. The maximum atomic E-state index is 6.00. The average molecular weight is 410 g/mol. The summed E-state index contributed by atoms with van der Waals surface area (Å²) in [5, 5.41) is 5.28. The van der Waals surface area contributed by atoms with Gasteiger partial charge in [-0.05, 0) is 46.3 Å². The predicted molar refractivity (Wildman–Crippen MR) is 110 cm³/mol. The quantitative estimate of drug-likeness (QED) is 0.392. The average Bonchev–Trinajstić information content (AvgIpc) is 2.66. The van der Waals surface area contributed by atoms with Gasteiger partial charge < -0.3 is 5.32 Å². The fourth-order valence-electron chi connectivity index (χ4n) is 2.78. The first-order chi connectivity index (χ1) is 12.2. The van der Waals surface area contributed by atoms with Gasteiger partial charge in [-0.1, -0.05) is 60.1 Å². The Morgan fingerprint density at radius 2 is 1.48 bits per heavy atom. The van der Waals surface area contributed by atoms with Crippen LogP contribution in [0.5, 0.6) is 0 Å². The molecule has 0 aliphatic rings. The zero-order valence-electron chi connectivity index (χ0n) is 13.2. The van der Waals surface area contributed by atoms with Crippen molar-refractivity contribution < 1.29 is 0 Å². The van der Waals surface area contributed by atoms with Crippen molar-refractivity contribution in [1.82, 2.24) is 4.98 Å². The topological polar surface area (TPSA) is 24.9 Å². The van der Waals surface area contributed by atoms with Crippen LogP contribution in [0.15, 0.2) is 83.3 Å². The van der Waals surface area contributed by atoms with Crippen molar-refractivity contribution in [2.24, 2.45) is 0 Å². The molecule has 1 heterocycles. The SMILES string of the molecule is Clc1ccc(Nc2c(Br)c(-c3ccccc3)nc3ccccc23)cc1. The second-order valence-electron chi connectivity index (χ2n) is 5.66. The molecule has 4 aromatic rings. The van der Waals surface area contributed by atoms with Crippen LogP contribution in [0.4, 0.5) is 11.4 Å². The van der Waals surface area contributed by atoms with Crippen LogP contribution < -0.4 is 5.32 Å². The number of pyridine rings is 1. The summed E-state index contributed by atoms with van der Waals surface area (Å²) in [5.74, 6) is 0. The first-order valence-corrected chi connectivity index (χ1v) is 9.06. The minimum absolute atomic E-state index is 0.717. The number of fused-ring (bicyclic) bond motifs is 1. The van der Waals surface area contributed by atoms with Crippen LogP contribution in [0.1, 0.15) is 0 Å². The fourth-order valence-corrected chi connectivity index (χ4v) is 3.53. The minimum atomic E-state index is 0.717. The van der Waals surface area contributed by atoms with E-state index in [1.54, 1.807) is 0 Å². The molecule has 2 nitrogen and oxygen atoms in total. The highest BCUT2D eigenvalue weighted by molar-refractivity contribution is 9.10. The molecule has 0 radical (unpaired) electrons. The van der Waals surface area contributed by atoms with Crippen molar-refractivity contribution in [1.29, 1.82) is 0 Å². The van der Waals surface area contributed by atoms with Gasteiger partial charge in [0.2, 0.25) is 0 Å². The van der Waals surface area contributed by atoms with Gasteiger partial charge in [-0.3, -0.25) is 0 Å². The first kappa shape index (κ1) is 16.1. The van der Waals surface area contributed by atoms with E-state index < -0.39 is 0 Å². The third kappa shape index (κ3) is 3.26. The van der Waals surface area contributed by atoms with Crippen LogP contribution in [0, 0.1) is 0 Å². The second kappa shape index (κ2) is 6.87. The zero-order valence-corrected chi connectivity index (χ0v) is 15.6. The van der Waals surface area contributed by atoms with E-state index in [1.165, 1.54) is 0 Å². The largest absolute Gasteiger partial charge is 0.354 e. The van der Waals surface area contributed by atoms with Crippen molar-refractivity contribution in [3.8, 4) is 11.3 Å². The van der Waals surface area contributed by atoms with Crippen LogP contribution >= 0.6 is 27.5 Å². The molecule has 0 saturated carbocycles. The summed E-state index contributed by atoms with van der Waals surface area (Å²) in [6.07, 6.45) is 0. The lowest BCUT2D eigenvalue weighted by Crippen LogP contribution is -1.97. The maximum Gasteiger partial charge on any atom is 0.0872 e. The number of aromatic nitrogens is 1. The highest BCUT2D eigenvalue weighted by Crippen LogP contribution is 2.39. The van der Waals surface area contributed by atoms with E-state index in [2.05, 4.69) is 39.4 Å². The maximum absolute atomic E-state index is 6.00. The lowest BCUT2D eigenvalue weighted by molar-refractivity contribution is 1.37. The Morgan fingerprint density at radius 3 is 2.24 bits per heavy atom. The molecule has 1 aromatic heterocycles. The van der Waals surface area contributed by atoms with Gasteiger partial charge in [0, 0.05) is 21.7 Å². The van der Waals surface area contributed by atoms with Crippen molar-refractivity contribution >= 4 is 49.8 Å². The van der Waals surface area contributed by atoms with Gasteiger partial charge in [-0.2, -0.15) is 0 Å². The van der Waals surface area contributed by atoms with Crippen LogP contribution in [-0.4, -0.2) is 4.98 Å². The molecular weight excluding hydrogens is 396 g/mol. The Hall–Kier alpha value is -2.36. The number of rotatable bonds is 3. The molecule has 25 heavy (non-hydrogen) atoms. The Bertz CT molecular complexity index is 1030. The van der Waals surface area contributed by atoms with Crippen LogP contribution in [-0.2, 0) is 0 Å². The molecule has 0 atom stereocenters. The molecular formula is C21H14BrClN2. The molecule has 1 N–H and O–H groups in total. The summed E-state index contributed by atoms with van der Waals surface area (Å²) in [6, 6.07) is 26.0. The summed E-state index contributed by atoms with van der Waals surface area (Å²) in [5.41, 5.74) is 4.89. The summed E-state index contributed by atoms with van der Waals surface area (Å²) in [4.78, 5) is 4.85. The van der Waals surface area contributed by atoms with Crippen molar-refractivity contribution in [3.63, 3.8) is 0 Å². The van der Waals surface area contributed by atoms with E-state index >= 15 is 0 Å². The number of hydrogen-bond donors (Lipinski definition) is 1. The predicted octanol–water partition coefficient (Wildman–Crippen LogP) is 7.06. The highest BCUT2D eigenvalue weighted by Gasteiger charge is 2.14. The molecule has 0 unspecified atom stereocenters. The molecule has 0 saturated heterocycles. The van der Waals surface area contributed by atoms with Crippen LogP contribution in [0.25, 0.3) is 22.2 Å². The first-order valence-electron chi connectivity index (χ1n) is 7.88. The number of nitrogens with one attached hydrogen (secondary N) is 1. The highest BCUT2D eigenvalue weighted by atomic mass is 79.9. The van der Waals surface area contributed by atoms with Gasteiger partial charge in [0.25, 0.3) is 0 Å². The summed E-state index contributed by atoms with van der Waals surface area (Å²) >= 11 is 9.76. The molecule has 0 fully saturated rings. The van der Waals surface area contributed by atoms with Crippen molar-refractivity contribution in [2.75, 3.05) is 5.32 Å². The molecule has 122 valence electrons. The second-order valence-corrected chi connectivity index (χ2v) is 6.89. The van der Waals surface area contributed by atoms with Crippen molar-refractivity contribution in [3.05, 3.63) is 88.4 Å². The Kier molecular flexibility index (Phi) is 4.43. The number of anilines is 2. The van der Waals surface area contributed by atoms with Crippen LogP contribution in [0.3, 0.4) is 0 Å². The van der Waals surface area contributed by atoms with Gasteiger partial charge in [0.15, 0.2) is 0 Å². The van der Waals surface area contributed by atoms with E-state index in [-0.39, 0.29) is 0 Å². The monoisotopic (exact) mass is 408 g/mol. The number of hydrogen-bond acceptors (Lipinski definition) is 2. The third-order valence-corrected chi connectivity index (χ3v) is 5.02. The standard InChI is InChI=1S/C21H14BrClN2/c22-19-20(14-6-2-1-3-7-14)25-18-9-5-4-8-17(18)21(19)24-16-12-10-15(23)11-13-16/h1-13H,(H,24,25). The van der Waals surface area contributed by atoms with Gasteiger partial charge in [-0.15, -0.1) is 0 Å². The summed E-state index contributed by atoms with van der Waals surface area (Å²) in [6.45, 7) is 0. The van der Waals surface area contributed by atoms with Gasteiger partial charge in [0.1, 0.15) is 0 Å². The molecule has 0 aliphatic carbocycles. The Labute approximate surface area is 159 Å². The van der Waals surface area contributed by atoms with Gasteiger partial charge >= 0.3 is 0 Å². The molecule has 0 spiro atoms. The normalized spacial score (nSPS) is 10.8. The van der Waals surface area contributed by atoms with Crippen molar-refractivity contribution in [2.45, 2.75) is 0 Å². The van der Waals surface area contributed by atoms with E-state index in [4.69, 9.17) is 16.6 Å². The Morgan fingerprint density at radius 1 is 0.800 bits per heavy atom. The Balaban J connectivity index is 1.92. The third-order valence-electron chi connectivity index (χ3n) is 3.99. The molecule has 4 rings (SSSR count). The summed E-state index contributed by atoms with van der Waals surface area (Å²) in [7, 11) is 0. The molecule has 4 heteroatoms. The smallest absolute Gasteiger partial charge is 0.0872 e. The van der Waals surface area contributed by atoms with E-state index in [0.29, 0.717) is 5.02 Å². The minimum Gasteiger partial charge on any atom is -0.354 e. The summed E-state index contributed by atoms with van der Waals surface area (Å²) < 4.78 is 0.937. The fraction of sp³-hybridized carbons (Fsp3) is 0. The molecule has 3 aromatic carbocycles. The molecule has 0 amide bonds. The number of benzene rings is 3. The number of halogens is 2. The number of para-hydroxylation sites is 1. The lowest BCUT2D eigenvalue weighted by Gasteiger charge is -2.15. The van der Waals surface area contributed by atoms with E-state index in [0.717, 1.165) is 38.0 Å². The van der Waals surface area contributed by atoms with E-state index in [1.807, 2.05) is 60.7 Å². The van der Waals surface area contributed by atoms with Gasteiger partial charge in [-0.25, -0.2) is 4.98 Å².